The van der Waals surface area contributed by atoms with Gasteiger partial charge in [0.1, 0.15) is 5.69 Å². The average Bonchev–Trinajstić information content (AvgIpc) is 2.95. The van der Waals surface area contributed by atoms with E-state index in [1.54, 1.807) is 0 Å². The van der Waals surface area contributed by atoms with Gasteiger partial charge < -0.3 is 15.0 Å². The summed E-state index contributed by atoms with van der Waals surface area (Å²) in [6, 6.07) is 8.04. The fourth-order valence-corrected chi connectivity index (χ4v) is 3.27. The van der Waals surface area contributed by atoms with E-state index in [0.29, 0.717) is 12.5 Å². The first-order valence-electron chi connectivity index (χ1n) is 7.34. The van der Waals surface area contributed by atoms with E-state index in [9.17, 15) is 9.90 Å². The van der Waals surface area contributed by atoms with Gasteiger partial charge in [0.05, 0.1) is 6.10 Å². The zero-order valence-electron chi connectivity index (χ0n) is 12.0. The molecule has 2 aromatic rings. The minimum atomic E-state index is -0.518. The standard InChI is InChI=1S/C16H20N2O2S/c1-11(10-14(19)15-5-3-9-21-15)17-16(20)13-4-2-8-18(13)12-6-7-12/h2-5,8-9,11-12,14,19H,6-7,10H2,1H3,(H,17,20). The lowest BCUT2D eigenvalue weighted by Gasteiger charge is -2.18. The molecule has 21 heavy (non-hydrogen) atoms. The molecule has 2 atom stereocenters. The number of carbonyl (C=O) groups is 1. The minimum absolute atomic E-state index is 0.0576. The van der Waals surface area contributed by atoms with Crippen LogP contribution in [0.5, 0.6) is 0 Å². The van der Waals surface area contributed by atoms with Gasteiger partial charge in [0.15, 0.2) is 0 Å². The van der Waals surface area contributed by atoms with Crippen LogP contribution in [0.1, 0.15) is 53.7 Å². The van der Waals surface area contributed by atoms with Crippen LogP contribution in [0.15, 0.2) is 35.8 Å². The molecule has 5 heteroatoms. The van der Waals surface area contributed by atoms with E-state index in [1.165, 1.54) is 11.3 Å². The molecule has 0 radical (unpaired) electrons. The lowest BCUT2D eigenvalue weighted by atomic mass is 10.1. The molecule has 2 aromatic heterocycles. The van der Waals surface area contributed by atoms with Gasteiger partial charge >= 0.3 is 0 Å². The highest BCUT2D eigenvalue weighted by molar-refractivity contribution is 7.10. The quantitative estimate of drug-likeness (QED) is 0.861. The van der Waals surface area contributed by atoms with Gasteiger partial charge in [-0.3, -0.25) is 4.79 Å². The largest absolute Gasteiger partial charge is 0.387 e. The Morgan fingerprint density at radius 2 is 2.29 bits per heavy atom. The molecule has 2 unspecified atom stereocenters. The van der Waals surface area contributed by atoms with Crippen LogP contribution in [0.3, 0.4) is 0 Å². The monoisotopic (exact) mass is 304 g/mol. The van der Waals surface area contributed by atoms with E-state index >= 15 is 0 Å². The summed E-state index contributed by atoms with van der Waals surface area (Å²) in [6.07, 6.45) is 4.28. The highest BCUT2D eigenvalue weighted by Gasteiger charge is 2.27. The molecule has 1 saturated carbocycles. The topological polar surface area (TPSA) is 54.3 Å². The summed E-state index contributed by atoms with van der Waals surface area (Å²) in [5.41, 5.74) is 0.718. The van der Waals surface area contributed by atoms with Crippen molar-refractivity contribution in [2.75, 3.05) is 0 Å². The van der Waals surface area contributed by atoms with E-state index < -0.39 is 6.10 Å². The summed E-state index contributed by atoms with van der Waals surface area (Å²) < 4.78 is 2.05. The van der Waals surface area contributed by atoms with Gasteiger partial charge in [-0.2, -0.15) is 0 Å². The number of hydrogen-bond donors (Lipinski definition) is 2. The second kappa shape index (κ2) is 6.03. The van der Waals surface area contributed by atoms with Crippen molar-refractivity contribution in [3.05, 3.63) is 46.4 Å². The summed E-state index contributed by atoms with van der Waals surface area (Å²) in [4.78, 5) is 13.3. The third-order valence-electron chi connectivity index (χ3n) is 3.78. The number of rotatable bonds is 6. The molecule has 2 heterocycles. The molecule has 0 aromatic carbocycles. The van der Waals surface area contributed by atoms with Crippen molar-refractivity contribution >= 4 is 17.2 Å². The number of aliphatic hydroxyl groups excluding tert-OH is 1. The second-order valence-electron chi connectivity index (χ2n) is 5.67. The third kappa shape index (κ3) is 3.36. The lowest BCUT2D eigenvalue weighted by Crippen LogP contribution is -2.34. The zero-order chi connectivity index (χ0) is 14.8. The van der Waals surface area contributed by atoms with Crippen LogP contribution in [-0.2, 0) is 0 Å². The SMILES string of the molecule is CC(CC(O)c1cccs1)NC(=O)c1cccn1C1CC1. The Balaban J connectivity index is 1.58. The molecule has 0 saturated heterocycles. The fraction of sp³-hybridized carbons (Fsp3) is 0.438. The molecule has 1 aliphatic carbocycles. The van der Waals surface area contributed by atoms with Crippen LogP contribution < -0.4 is 5.32 Å². The summed E-state index contributed by atoms with van der Waals surface area (Å²) in [5.74, 6) is -0.0576. The van der Waals surface area contributed by atoms with E-state index in [2.05, 4.69) is 9.88 Å². The number of aliphatic hydroxyl groups is 1. The van der Waals surface area contributed by atoms with Gasteiger partial charge in [0.25, 0.3) is 5.91 Å². The van der Waals surface area contributed by atoms with Crippen LogP contribution in [0.2, 0.25) is 0 Å². The Hall–Kier alpha value is -1.59. The van der Waals surface area contributed by atoms with Crippen molar-refractivity contribution in [3.63, 3.8) is 0 Å². The van der Waals surface area contributed by atoms with E-state index in [1.807, 2.05) is 42.8 Å². The molecule has 112 valence electrons. The molecule has 1 fully saturated rings. The molecule has 0 aliphatic heterocycles. The zero-order valence-corrected chi connectivity index (χ0v) is 12.8. The van der Waals surface area contributed by atoms with Crippen molar-refractivity contribution in [2.45, 2.75) is 44.4 Å². The van der Waals surface area contributed by atoms with Crippen LogP contribution in [-0.4, -0.2) is 21.6 Å². The number of nitrogens with one attached hydrogen (secondary N) is 1. The lowest BCUT2D eigenvalue weighted by molar-refractivity contribution is 0.0909. The van der Waals surface area contributed by atoms with Gasteiger partial charge in [-0.25, -0.2) is 0 Å². The highest BCUT2D eigenvalue weighted by Crippen LogP contribution is 2.36. The predicted molar refractivity (Wildman–Crippen MR) is 83.5 cm³/mol. The normalized spacial score (nSPS) is 17.4. The number of nitrogens with zero attached hydrogens (tertiary/aromatic N) is 1. The van der Waals surface area contributed by atoms with E-state index in [4.69, 9.17) is 0 Å². The number of thiophene rings is 1. The maximum atomic E-state index is 12.3. The third-order valence-corrected chi connectivity index (χ3v) is 4.75. The van der Waals surface area contributed by atoms with Crippen molar-refractivity contribution in [1.82, 2.24) is 9.88 Å². The van der Waals surface area contributed by atoms with Crippen LogP contribution in [0, 0.1) is 0 Å². The van der Waals surface area contributed by atoms with Gasteiger partial charge in [0.2, 0.25) is 0 Å². The number of amides is 1. The molecule has 2 N–H and O–H groups in total. The first-order valence-corrected chi connectivity index (χ1v) is 8.22. The van der Waals surface area contributed by atoms with Gasteiger partial charge in [-0.1, -0.05) is 6.07 Å². The Morgan fingerprint density at radius 1 is 1.48 bits per heavy atom. The maximum Gasteiger partial charge on any atom is 0.268 e. The summed E-state index contributed by atoms with van der Waals surface area (Å²) >= 11 is 1.54. The van der Waals surface area contributed by atoms with Crippen LogP contribution >= 0.6 is 11.3 Å². The van der Waals surface area contributed by atoms with Crippen molar-refractivity contribution < 1.29 is 9.90 Å². The van der Waals surface area contributed by atoms with Crippen LogP contribution in [0.4, 0.5) is 0 Å². The first kappa shape index (κ1) is 14.4. The first-order chi connectivity index (χ1) is 10.1. The minimum Gasteiger partial charge on any atom is -0.387 e. The summed E-state index contributed by atoms with van der Waals surface area (Å²) in [5, 5.41) is 15.1. The van der Waals surface area contributed by atoms with Crippen molar-refractivity contribution in [2.24, 2.45) is 0 Å². The smallest absolute Gasteiger partial charge is 0.268 e. The Kier molecular flexibility index (Phi) is 4.12. The number of carbonyl (C=O) groups excluding carboxylic acids is 1. The number of hydrogen-bond acceptors (Lipinski definition) is 3. The van der Waals surface area contributed by atoms with Crippen molar-refractivity contribution in [3.8, 4) is 0 Å². The highest BCUT2D eigenvalue weighted by atomic mass is 32.1. The van der Waals surface area contributed by atoms with Gasteiger partial charge in [-0.15, -0.1) is 11.3 Å². The summed E-state index contributed by atoms with van der Waals surface area (Å²) in [6.45, 7) is 1.93. The predicted octanol–water partition coefficient (Wildman–Crippen LogP) is 3.13. The maximum absolute atomic E-state index is 12.3. The Morgan fingerprint density at radius 3 is 2.95 bits per heavy atom. The summed E-state index contributed by atoms with van der Waals surface area (Å²) in [7, 11) is 0. The fourth-order valence-electron chi connectivity index (χ4n) is 2.55. The van der Waals surface area contributed by atoms with Crippen LogP contribution in [0.25, 0.3) is 0 Å². The molecular formula is C16H20N2O2S. The molecule has 1 amide bonds. The number of aromatic nitrogens is 1. The molecule has 3 rings (SSSR count). The molecule has 0 spiro atoms. The molecule has 0 bridgehead atoms. The molecule has 1 aliphatic rings. The Labute approximate surface area is 128 Å². The molecular weight excluding hydrogens is 284 g/mol. The van der Waals surface area contributed by atoms with Gasteiger partial charge in [0, 0.05) is 23.2 Å². The van der Waals surface area contributed by atoms with E-state index in [0.717, 1.165) is 23.4 Å². The van der Waals surface area contributed by atoms with E-state index in [-0.39, 0.29) is 11.9 Å². The van der Waals surface area contributed by atoms with Crippen molar-refractivity contribution in [1.29, 1.82) is 0 Å². The molecule has 4 nitrogen and oxygen atoms in total. The second-order valence-corrected chi connectivity index (χ2v) is 6.65. The van der Waals surface area contributed by atoms with Gasteiger partial charge in [-0.05, 0) is 49.8 Å². The Bertz CT molecular complexity index is 602. The average molecular weight is 304 g/mol.